The Labute approximate surface area is 215 Å². The maximum absolute atomic E-state index is 13.9. The van der Waals surface area contributed by atoms with Crippen LogP contribution in [0.15, 0.2) is 42.5 Å². The average molecular weight is 511 g/mol. The van der Waals surface area contributed by atoms with E-state index in [0.29, 0.717) is 29.6 Å². The number of sulfonamides is 1. The molecule has 1 heterocycles. The van der Waals surface area contributed by atoms with E-state index in [-0.39, 0.29) is 16.7 Å². The number of benzene rings is 2. The Morgan fingerprint density at radius 1 is 1.06 bits per heavy atom. The number of hydrogen-bond acceptors (Lipinski definition) is 4. The number of fused-ring (bicyclic) bond motifs is 2. The summed E-state index contributed by atoms with van der Waals surface area (Å²) >= 11 is 0. The molecule has 194 valence electrons. The van der Waals surface area contributed by atoms with Gasteiger partial charge in [-0.2, -0.15) is 0 Å². The second-order valence-electron chi connectivity index (χ2n) is 12.7. The third kappa shape index (κ3) is 5.05. The highest BCUT2D eigenvalue weighted by atomic mass is 32.2. The third-order valence-corrected chi connectivity index (χ3v) is 9.02. The molecule has 0 radical (unpaired) electrons. The van der Waals surface area contributed by atoms with Crippen LogP contribution in [0.2, 0.25) is 0 Å². The summed E-state index contributed by atoms with van der Waals surface area (Å²) in [5.41, 5.74) is 4.12. The fraction of sp³-hybridized carbons (Fsp3) is 0.552. The lowest BCUT2D eigenvalue weighted by molar-refractivity contribution is 0.0979. The first-order valence-electron chi connectivity index (χ1n) is 13.0. The van der Waals surface area contributed by atoms with Gasteiger partial charge in [0.2, 0.25) is 10.0 Å². The highest BCUT2D eigenvalue weighted by Gasteiger charge is 2.53. The molecule has 2 aromatic rings. The number of hydrogen-bond donors (Lipinski definition) is 2. The van der Waals surface area contributed by atoms with E-state index >= 15 is 0 Å². The Morgan fingerprint density at radius 3 is 2.33 bits per heavy atom. The van der Waals surface area contributed by atoms with Gasteiger partial charge in [-0.25, -0.2) is 8.42 Å². The molecule has 2 aliphatic carbocycles. The Kier molecular flexibility index (Phi) is 6.03. The van der Waals surface area contributed by atoms with Crippen LogP contribution in [0.4, 0.5) is 11.4 Å². The molecule has 0 saturated heterocycles. The van der Waals surface area contributed by atoms with Crippen LogP contribution < -0.4 is 9.62 Å². The van der Waals surface area contributed by atoms with E-state index in [0.717, 1.165) is 48.8 Å². The van der Waals surface area contributed by atoms with Crippen LogP contribution in [-0.4, -0.2) is 32.2 Å². The van der Waals surface area contributed by atoms with E-state index in [1.54, 1.807) is 6.07 Å². The van der Waals surface area contributed by atoms with Crippen molar-refractivity contribution in [3.8, 4) is 0 Å². The van der Waals surface area contributed by atoms with E-state index in [9.17, 15) is 18.3 Å². The lowest BCUT2D eigenvalue weighted by atomic mass is 9.66. The molecule has 7 heteroatoms. The van der Waals surface area contributed by atoms with Crippen molar-refractivity contribution in [2.45, 2.75) is 77.2 Å². The summed E-state index contributed by atoms with van der Waals surface area (Å²) in [6, 6.07) is 12.9. The lowest BCUT2D eigenvalue weighted by Crippen LogP contribution is -2.40. The normalized spacial score (nSPS) is 20.9. The van der Waals surface area contributed by atoms with E-state index < -0.39 is 16.1 Å². The number of rotatable bonds is 5. The van der Waals surface area contributed by atoms with Gasteiger partial charge in [-0.3, -0.25) is 9.52 Å². The molecular weight excluding hydrogens is 472 g/mol. The summed E-state index contributed by atoms with van der Waals surface area (Å²) in [6.07, 6.45) is 8.08. The second-order valence-corrected chi connectivity index (χ2v) is 14.4. The van der Waals surface area contributed by atoms with Gasteiger partial charge in [-0.15, -0.1) is 0 Å². The van der Waals surface area contributed by atoms with Gasteiger partial charge in [-0.05, 0) is 97.2 Å². The lowest BCUT2D eigenvalue weighted by Gasteiger charge is -2.38. The highest BCUT2D eigenvalue weighted by Crippen LogP contribution is 2.62. The Bertz CT molecular complexity index is 1280. The monoisotopic (exact) mass is 510 g/mol. The average Bonchev–Trinajstić information content (AvgIpc) is 3.49. The molecule has 2 saturated carbocycles. The maximum atomic E-state index is 13.9. The SMILES string of the molecule is CC(C)(C)CC(O)c1cccc(C(=O)N2CC3(CCC4(CC4)CC3)c3cc(NS(C)(=O)=O)ccc32)c1. The van der Waals surface area contributed by atoms with E-state index in [1.807, 2.05) is 41.3 Å². The summed E-state index contributed by atoms with van der Waals surface area (Å²) < 4.78 is 26.4. The fourth-order valence-corrected chi connectivity index (χ4v) is 6.78. The number of carbonyl (C=O) groups is 1. The zero-order chi connectivity index (χ0) is 25.9. The number of carbonyl (C=O) groups excluding carboxylic acids is 1. The van der Waals surface area contributed by atoms with Gasteiger partial charge < -0.3 is 10.0 Å². The zero-order valence-corrected chi connectivity index (χ0v) is 22.6. The topological polar surface area (TPSA) is 86.7 Å². The number of nitrogens with one attached hydrogen (secondary N) is 1. The third-order valence-electron chi connectivity index (χ3n) is 8.42. The standard InChI is InChI=1S/C29H38N2O4S/c1-27(2,3)18-25(32)20-6-5-7-21(16-20)26(33)31-19-29(14-12-28(10-11-28)13-15-29)23-17-22(8-9-24(23)31)30-36(4,34)35/h5-9,16-17,25,30,32H,10-15,18-19H2,1-4H3. The van der Waals surface area contributed by atoms with Crippen molar-refractivity contribution in [1.29, 1.82) is 0 Å². The molecule has 3 aliphatic rings. The summed E-state index contributed by atoms with van der Waals surface area (Å²) in [5, 5.41) is 10.8. The number of aliphatic hydroxyl groups excluding tert-OH is 1. The minimum absolute atomic E-state index is 0.0304. The molecule has 2 fully saturated rings. The Hall–Kier alpha value is -2.38. The Morgan fingerprint density at radius 2 is 1.72 bits per heavy atom. The first-order chi connectivity index (χ1) is 16.8. The van der Waals surface area contributed by atoms with Gasteiger partial charge in [0.1, 0.15) is 0 Å². The van der Waals surface area contributed by atoms with Crippen LogP contribution in [0.5, 0.6) is 0 Å². The minimum atomic E-state index is -3.40. The van der Waals surface area contributed by atoms with Crippen LogP contribution in [0, 0.1) is 10.8 Å². The van der Waals surface area contributed by atoms with E-state index in [1.165, 1.54) is 12.8 Å². The summed E-state index contributed by atoms with van der Waals surface area (Å²) in [4.78, 5) is 15.8. The highest BCUT2D eigenvalue weighted by molar-refractivity contribution is 7.92. The van der Waals surface area contributed by atoms with Crippen molar-refractivity contribution in [3.05, 3.63) is 59.2 Å². The van der Waals surface area contributed by atoms with Gasteiger partial charge >= 0.3 is 0 Å². The zero-order valence-electron chi connectivity index (χ0n) is 21.8. The fourth-order valence-electron chi connectivity index (χ4n) is 6.22. The maximum Gasteiger partial charge on any atom is 0.258 e. The number of nitrogens with zero attached hydrogens (tertiary/aromatic N) is 1. The molecule has 2 spiro atoms. The van der Waals surface area contributed by atoms with Gasteiger partial charge in [0, 0.05) is 28.9 Å². The van der Waals surface area contributed by atoms with Crippen molar-refractivity contribution in [2.75, 3.05) is 22.4 Å². The molecule has 1 atom stereocenters. The predicted octanol–water partition coefficient (Wildman–Crippen LogP) is 5.78. The van der Waals surface area contributed by atoms with Gasteiger partial charge in [0.15, 0.2) is 0 Å². The molecule has 1 amide bonds. The molecule has 2 aromatic carbocycles. The summed E-state index contributed by atoms with van der Waals surface area (Å²) in [7, 11) is -3.40. The Balaban J connectivity index is 1.48. The molecule has 1 unspecified atom stereocenters. The van der Waals surface area contributed by atoms with Crippen molar-refractivity contribution in [3.63, 3.8) is 0 Å². The minimum Gasteiger partial charge on any atom is -0.388 e. The predicted molar refractivity (Wildman–Crippen MR) is 144 cm³/mol. The van der Waals surface area contributed by atoms with Gasteiger partial charge in [0.05, 0.1) is 12.4 Å². The first-order valence-corrected chi connectivity index (χ1v) is 14.9. The quantitative estimate of drug-likeness (QED) is 0.534. The number of amides is 1. The van der Waals surface area contributed by atoms with E-state index in [4.69, 9.17) is 0 Å². The second kappa shape index (κ2) is 8.59. The molecule has 2 N–H and O–H groups in total. The number of anilines is 2. The van der Waals surface area contributed by atoms with Crippen LogP contribution in [0.25, 0.3) is 0 Å². The van der Waals surface area contributed by atoms with Gasteiger partial charge in [0.25, 0.3) is 5.91 Å². The van der Waals surface area contributed by atoms with Crippen LogP contribution in [-0.2, 0) is 15.4 Å². The van der Waals surface area contributed by atoms with E-state index in [2.05, 4.69) is 25.5 Å². The smallest absolute Gasteiger partial charge is 0.258 e. The molecular formula is C29H38N2O4S. The molecule has 6 nitrogen and oxygen atoms in total. The van der Waals surface area contributed by atoms with Crippen molar-refractivity contribution >= 4 is 27.3 Å². The van der Waals surface area contributed by atoms with Crippen molar-refractivity contribution in [1.82, 2.24) is 0 Å². The number of aliphatic hydroxyl groups is 1. The molecule has 36 heavy (non-hydrogen) atoms. The van der Waals surface area contributed by atoms with Crippen LogP contribution >= 0.6 is 0 Å². The van der Waals surface area contributed by atoms with Crippen LogP contribution in [0.3, 0.4) is 0 Å². The van der Waals surface area contributed by atoms with Crippen LogP contribution in [0.1, 0.15) is 93.3 Å². The molecule has 5 rings (SSSR count). The molecule has 0 aromatic heterocycles. The first kappa shape index (κ1) is 25.3. The van der Waals surface area contributed by atoms with Crippen molar-refractivity contribution < 1.29 is 18.3 Å². The largest absolute Gasteiger partial charge is 0.388 e. The molecule has 1 aliphatic heterocycles. The summed E-state index contributed by atoms with van der Waals surface area (Å²) in [5.74, 6) is -0.0755. The van der Waals surface area contributed by atoms with Crippen molar-refractivity contribution in [2.24, 2.45) is 10.8 Å². The molecule has 0 bridgehead atoms. The van der Waals surface area contributed by atoms with Gasteiger partial charge in [-0.1, -0.05) is 32.9 Å². The summed E-state index contributed by atoms with van der Waals surface area (Å²) in [6.45, 7) is 6.88.